The third-order valence-corrected chi connectivity index (χ3v) is 3.26. The first kappa shape index (κ1) is 12.0. The van der Waals surface area contributed by atoms with Gasteiger partial charge in [0.25, 0.3) is 0 Å². The first-order valence-corrected chi connectivity index (χ1v) is 6.60. The zero-order chi connectivity index (χ0) is 14.8. The Balaban J connectivity index is 2.00. The third-order valence-electron chi connectivity index (χ3n) is 3.04. The molecule has 6 nitrogen and oxygen atoms in total. The molecule has 1 aliphatic rings. The van der Waals surface area contributed by atoms with Crippen LogP contribution in [-0.4, -0.2) is 34.7 Å². The first-order chi connectivity index (χ1) is 10.1. The molecule has 1 unspecified atom stereocenters. The Bertz CT molecular complexity index is 643. The lowest BCUT2D eigenvalue weighted by Crippen LogP contribution is -2.34. The molecule has 1 saturated heterocycles. The Morgan fingerprint density at radius 1 is 1.40 bits per heavy atom. The second-order valence-corrected chi connectivity index (χ2v) is 4.91. The van der Waals surface area contributed by atoms with Gasteiger partial charge in [0.1, 0.15) is 7.67 Å². The summed E-state index contributed by atoms with van der Waals surface area (Å²) in [5, 5.41) is 3.94. The fourth-order valence-electron chi connectivity index (χ4n) is 2.13. The monoisotopic (exact) mass is 292 g/mol. The molecule has 104 valence electrons. The predicted octanol–water partition coefficient (Wildman–Crippen LogP) is 1.44. The first-order valence-electron chi connectivity index (χ1n) is 6.72. The van der Waals surface area contributed by atoms with E-state index in [-0.39, 0.29) is 18.3 Å². The normalized spacial score (nSPS) is 19.6. The molecule has 1 fully saturated rings. The molecule has 2 heterocycles. The number of nitrogens with zero attached hydrogens (tertiary/aromatic N) is 3. The summed E-state index contributed by atoms with van der Waals surface area (Å²) < 4.78 is 13.0. The summed E-state index contributed by atoms with van der Waals surface area (Å²) in [6, 6.07) is 5.62. The highest BCUT2D eigenvalue weighted by Gasteiger charge is 2.17. The molecule has 1 aromatic carbocycles. The van der Waals surface area contributed by atoms with E-state index < -0.39 is 0 Å². The summed E-state index contributed by atoms with van der Waals surface area (Å²) in [4.78, 5) is 11.7. The Hall–Kier alpha value is -1.76. The molecule has 2 aromatic rings. The molecule has 0 bridgehead atoms. The standard InChI is InChI=1S/C13H14ClN5O/c14-10-4-8(11-6-20-2-1-16-11)3-9(5-10)12-17-7-18-13(15)19-12/h3-5,7,11,16H,1-2,6H2,(H2,15,17,18,19)/i7D. The molecular formula is C13H14ClN5O. The smallest absolute Gasteiger partial charge is 0.223 e. The molecule has 3 N–H and O–H groups in total. The van der Waals surface area contributed by atoms with Gasteiger partial charge in [-0.2, -0.15) is 4.98 Å². The molecule has 1 atom stereocenters. The Morgan fingerprint density at radius 3 is 3.05 bits per heavy atom. The van der Waals surface area contributed by atoms with Crippen molar-refractivity contribution in [1.29, 1.82) is 0 Å². The number of nitrogens with one attached hydrogen (secondary N) is 1. The molecule has 0 amide bonds. The van der Waals surface area contributed by atoms with Crippen molar-refractivity contribution in [3.05, 3.63) is 35.1 Å². The number of rotatable bonds is 2. The molecule has 0 aliphatic carbocycles. The van der Waals surface area contributed by atoms with E-state index in [1.165, 1.54) is 0 Å². The van der Waals surface area contributed by atoms with Crippen molar-refractivity contribution in [1.82, 2.24) is 20.3 Å². The van der Waals surface area contributed by atoms with Crippen LogP contribution in [0.1, 0.15) is 13.0 Å². The molecule has 7 heteroatoms. The van der Waals surface area contributed by atoms with Crippen LogP contribution in [0.25, 0.3) is 11.4 Å². The van der Waals surface area contributed by atoms with Crippen LogP contribution in [0.4, 0.5) is 5.95 Å². The van der Waals surface area contributed by atoms with Gasteiger partial charge in [-0.05, 0) is 23.8 Å². The maximum atomic E-state index is 7.52. The van der Waals surface area contributed by atoms with E-state index in [0.29, 0.717) is 29.6 Å². The predicted molar refractivity (Wildman–Crippen MR) is 76.2 cm³/mol. The van der Waals surface area contributed by atoms with Gasteiger partial charge in [0.2, 0.25) is 5.95 Å². The number of nitrogens with two attached hydrogens (primary N) is 1. The van der Waals surface area contributed by atoms with Crippen molar-refractivity contribution in [2.45, 2.75) is 6.04 Å². The lowest BCUT2D eigenvalue weighted by molar-refractivity contribution is 0.0769. The van der Waals surface area contributed by atoms with E-state index in [9.17, 15) is 0 Å². The molecule has 1 aromatic heterocycles. The van der Waals surface area contributed by atoms with Crippen molar-refractivity contribution < 1.29 is 6.11 Å². The number of halogens is 1. The molecule has 0 spiro atoms. The van der Waals surface area contributed by atoms with Gasteiger partial charge in [-0.25, -0.2) is 9.97 Å². The van der Waals surface area contributed by atoms with Crippen molar-refractivity contribution in [3.8, 4) is 11.4 Å². The fourth-order valence-corrected chi connectivity index (χ4v) is 2.38. The number of ether oxygens (including phenoxy) is 1. The topological polar surface area (TPSA) is 86.0 Å². The van der Waals surface area contributed by atoms with Crippen LogP contribution in [0.5, 0.6) is 0 Å². The highest BCUT2D eigenvalue weighted by atomic mass is 35.5. The van der Waals surface area contributed by atoms with Gasteiger partial charge in [0.15, 0.2) is 5.82 Å². The quantitative estimate of drug-likeness (QED) is 0.871. The highest BCUT2D eigenvalue weighted by Crippen LogP contribution is 2.26. The van der Waals surface area contributed by atoms with Gasteiger partial charge in [0, 0.05) is 17.1 Å². The number of anilines is 1. The van der Waals surface area contributed by atoms with Crippen LogP contribution in [-0.2, 0) is 4.74 Å². The number of benzene rings is 1. The number of nitrogen functional groups attached to an aromatic ring is 1. The largest absolute Gasteiger partial charge is 0.378 e. The average molecular weight is 293 g/mol. The molecule has 0 radical (unpaired) electrons. The van der Waals surface area contributed by atoms with Crippen molar-refractivity contribution >= 4 is 17.5 Å². The third kappa shape index (κ3) is 2.87. The molecular weight excluding hydrogens is 278 g/mol. The average Bonchev–Trinajstić information content (AvgIpc) is 2.46. The van der Waals surface area contributed by atoms with E-state index in [0.717, 1.165) is 12.1 Å². The Morgan fingerprint density at radius 2 is 2.30 bits per heavy atom. The zero-order valence-corrected chi connectivity index (χ0v) is 11.4. The van der Waals surface area contributed by atoms with Gasteiger partial charge in [-0.1, -0.05) is 11.6 Å². The van der Waals surface area contributed by atoms with E-state index in [4.69, 9.17) is 23.4 Å². The van der Waals surface area contributed by atoms with Gasteiger partial charge in [-0.3, -0.25) is 0 Å². The molecule has 1 aliphatic heterocycles. The Kier molecular flexibility index (Phi) is 3.43. The van der Waals surface area contributed by atoms with Crippen molar-refractivity contribution in [3.63, 3.8) is 0 Å². The Labute approximate surface area is 122 Å². The molecule has 3 rings (SSSR count). The van der Waals surface area contributed by atoms with Gasteiger partial charge in [0.05, 0.1) is 19.3 Å². The lowest BCUT2D eigenvalue weighted by atomic mass is 10.0. The summed E-state index contributed by atoms with van der Waals surface area (Å²) in [7, 11) is 0. The maximum absolute atomic E-state index is 7.52. The maximum Gasteiger partial charge on any atom is 0.223 e. The summed E-state index contributed by atoms with van der Waals surface area (Å²) >= 11 is 6.18. The van der Waals surface area contributed by atoms with E-state index >= 15 is 0 Å². The fraction of sp³-hybridized carbons (Fsp3) is 0.308. The van der Waals surface area contributed by atoms with Crippen LogP contribution >= 0.6 is 11.6 Å². The number of hydrogen-bond acceptors (Lipinski definition) is 6. The number of aromatic nitrogens is 3. The van der Waals surface area contributed by atoms with Gasteiger partial charge >= 0.3 is 0 Å². The molecule has 20 heavy (non-hydrogen) atoms. The second kappa shape index (κ2) is 5.70. The van der Waals surface area contributed by atoms with Crippen LogP contribution in [0, 0.1) is 0 Å². The minimum Gasteiger partial charge on any atom is -0.378 e. The number of hydrogen-bond donors (Lipinski definition) is 2. The zero-order valence-electron chi connectivity index (χ0n) is 11.6. The van der Waals surface area contributed by atoms with E-state index in [1.54, 1.807) is 6.07 Å². The summed E-state index contributed by atoms with van der Waals surface area (Å²) in [5.74, 6) is 0.360. The second-order valence-electron chi connectivity index (χ2n) is 4.47. The van der Waals surface area contributed by atoms with E-state index in [1.807, 2.05) is 12.1 Å². The SMILES string of the molecule is [2H]c1nc(N)nc(-c2cc(Cl)cc(C3COCCN3)c2)n1. The summed E-state index contributed by atoms with van der Waals surface area (Å²) in [6.45, 7) is 2.08. The summed E-state index contributed by atoms with van der Waals surface area (Å²) in [5.41, 5.74) is 7.26. The van der Waals surface area contributed by atoms with Gasteiger partial charge < -0.3 is 15.8 Å². The van der Waals surface area contributed by atoms with E-state index in [2.05, 4.69) is 20.3 Å². The van der Waals surface area contributed by atoms with Gasteiger partial charge in [-0.15, -0.1) is 0 Å². The minimum atomic E-state index is -0.168. The number of morpholine rings is 1. The van der Waals surface area contributed by atoms with Crippen molar-refractivity contribution in [2.24, 2.45) is 0 Å². The van der Waals surface area contributed by atoms with Crippen LogP contribution in [0.15, 0.2) is 24.5 Å². The van der Waals surface area contributed by atoms with Crippen LogP contribution < -0.4 is 11.1 Å². The molecule has 0 saturated carbocycles. The van der Waals surface area contributed by atoms with Crippen LogP contribution in [0.2, 0.25) is 5.02 Å². The van der Waals surface area contributed by atoms with Crippen LogP contribution in [0.3, 0.4) is 0 Å². The summed E-state index contributed by atoms with van der Waals surface area (Å²) in [6.07, 6.45) is -0.168. The lowest BCUT2D eigenvalue weighted by Gasteiger charge is -2.24. The van der Waals surface area contributed by atoms with Crippen molar-refractivity contribution in [2.75, 3.05) is 25.5 Å². The highest BCUT2D eigenvalue weighted by molar-refractivity contribution is 6.30. The minimum absolute atomic E-state index is 0.0191.